The van der Waals surface area contributed by atoms with E-state index in [9.17, 15) is 0 Å². The summed E-state index contributed by atoms with van der Waals surface area (Å²) in [6.45, 7) is 4.09. The van der Waals surface area contributed by atoms with Gasteiger partial charge in [-0.25, -0.2) is 0 Å². The maximum Gasteiger partial charge on any atom is 0.0433 e. The molecule has 1 unspecified atom stereocenters. The van der Waals surface area contributed by atoms with Gasteiger partial charge in [-0.05, 0) is 42.2 Å². The van der Waals surface area contributed by atoms with Gasteiger partial charge in [-0.3, -0.25) is 0 Å². The molecule has 0 spiro atoms. The number of rotatable bonds is 5. The van der Waals surface area contributed by atoms with Crippen LogP contribution in [0.2, 0.25) is 0 Å². The highest BCUT2D eigenvalue weighted by molar-refractivity contribution is 5.50. The Morgan fingerprint density at radius 1 is 1.04 bits per heavy atom. The van der Waals surface area contributed by atoms with Crippen LogP contribution in [0.3, 0.4) is 0 Å². The minimum absolute atomic E-state index is 0.625. The van der Waals surface area contributed by atoms with Gasteiger partial charge in [0, 0.05) is 24.5 Å². The van der Waals surface area contributed by atoms with Crippen molar-refractivity contribution in [2.75, 3.05) is 17.2 Å². The van der Waals surface area contributed by atoms with E-state index in [0.29, 0.717) is 5.92 Å². The van der Waals surface area contributed by atoms with Crippen LogP contribution in [0.25, 0.3) is 0 Å². The van der Waals surface area contributed by atoms with Crippen molar-refractivity contribution in [3.63, 3.8) is 0 Å². The molecule has 1 aliphatic carbocycles. The molecule has 118 valence electrons. The Morgan fingerprint density at radius 3 is 2.61 bits per heavy atom. The van der Waals surface area contributed by atoms with E-state index < -0.39 is 0 Å². The van der Waals surface area contributed by atoms with E-state index in [0.717, 1.165) is 25.2 Å². The van der Waals surface area contributed by atoms with Crippen molar-refractivity contribution < 1.29 is 0 Å². The second-order valence-corrected chi connectivity index (χ2v) is 6.33. The van der Waals surface area contributed by atoms with Crippen LogP contribution in [-0.2, 0) is 6.54 Å². The molecule has 0 fully saturated rings. The number of benzene rings is 2. The summed E-state index contributed by atoms with van der Waals surface area (Å²) < 4.78 is 0. The lowest BCUT2D eigenvalue weighted by Crippen LogP contribution is -2.26. The lowest BCUT2D eigenvalue weighted by atomic mass is 9.95. The highest BCUT2D eigenvalue weighted by atomic mass is 15.1. The maximum absolute atomic E-state index is 5.94. The molecule has 0 amide bonds. The van der Waals surface area contributed by atoms with Crippen LogP contribution in [0.15, 0.2) is 78.4 Å². The van der Waals surface area contributed by atoms with Crippen LogP contribution in [-0.4, -0.2) is 6.54 Å². The van der Waals surface area contributed by atoms with Crippen molar-refractivity contribution in [3.8, 4) is 0 Å². The van der Waals surface area contributed by atoms with E-state index in [2.05, 4.69) is 72.5 Å². The molecule has 2 aromatic rings. The van der Waals surface area contributed by atoms with Gasteiger partial charge in [-0.15, -0.1) is 0 Å². The number of nitrogen functional groups attached to an aromatic ring is 1. The van der Waals surface area contributed by atoms with Gasteiger partial charge < -0.3 is 10.6 Å². The van der Waals surface area contributed by atoms with Gasteiger partial charge in [0.05, 0.1) is 0 Å². The topological polar surface area (TPSA) is 29.3 Å². The van der Waals surface area contributed by atoms with E-state index in [-0.39, 0.29) is 0 Å². The lowest BCUT2D eigenvalue weighted by Gasteiger charge is -2.28. The Labute approximate surface area is 138 Å². The highest BCUT2D eigenvalue weighted by Gasteiger charge is 2.13. The fourth-order valence-corrected chi connectivity index (χ4v) is 3.08. The zero-order valence-corrected chi connectivity index (χ0v) is 13.7. The molecule has 2 N–H and O–H groups in total. The molecule has 1 aliphatic rings. The molecule has 0 heterocycles. The van der Waals surface area contributed by atoms with Gasteiger partial charge in [-0.1, -0.05) is 61.1 Å². The predicted molar refractivity (Wildman–Crippen MR) is 99.4 cm³/mol. The van der Waals surface area contributed by atoms with Crippen molar-refractivity contribution >= 4 is 11.4 Å². The number of nitrogens with two attached hydrogens (primary N) is 1. The summed E-state index contributed by atoms with van der Waals surface area (Å²) in [4.78, 5) is 2.42. The minimum atomic E-state index is 0.625. The maximum atomic E-state index is 5.94. The molecule has 0 bridgehead atoms. The van der Waals surface area contributed by atoms with Crippen molar-refractivity contribution in [1.82, 2.24) is 0 Å². The average molecular weight is 304 g/mol. The lowest BCUT2D eigenvalue weighted by molar-refractivity contribution is 0.680. The number of hydrogen-bond donors (Lipinski definition) is 1. The smallest absolute Gasteiger partial charge is 0.0433 e. The van der Waals surface area contributed by atoms with Gasteiger partial charge >= 0.3 is 0 Å². The van der Waals surface area contributed by atoms with Gasteiger partial charge in [0.25, 0.3) is 0 Å². The zero-order valence-electron chi connectivity index (χ0n) is 13.7. The Balaban J connectivity index is 1.82. The standard InChI is InChI=1S/C21H24N2/c1-17-7-5-8-18(13-17)15-23(21-11-3-2-4-12-21)16-19-9-6-10-20(22)14-19/h2-12,14,17H,13,15-16,22H2,1H3. The van der Waals surface area contributed by atoms with E-state index in [1.165, 1.54) is 16.8 Å². The summed E-state index contributed by atoms with van der Waals surface area (Å²) in [5.41, 5.74) is 10.7. The predicted octanol–water partition coefficient (Wildman–Crippen LogP) is 4.80. The van der Waals surface area contributed by atoms with Gasteiger partial charge in [0.1, 0.15) is 0 Å². The van der Waals surface area contributed by atoms with Crippen molar-refractivity contribution in [2.24, 2.45) is 5.92 Å². The molecule has 3 rings (SSSR count). The Bertz CT molecular complexity index is 701. The first-order valence-corrected chi connectivity index (χ1v) is 8.21. The normalized spacial score (nSPS) is 16.9. The number of nitrogens with zero attached hydrogens (tertiary/aromatic N) is 1. The molecule has 2 nitrogen and oxygen atoms in total. The van der Waals surface area contributed by atoms with Crippen LogP contribution in [0.4, 0.5) is 11.4 Å². The molecule has 0 radical (unpaired) electrons. The number of anilines is 2. The Kier molecular flexibility index (Phi) is 4.82. The average Bonchev–Trinajstić information content (AvgIpc) is 2.55. The monoisotopic (exact) mass is 304 g/mol. The van der Waals surface area contributed by atoms with Crippen LogP contribution >= 0.6 is 0 Å². The summed E-state index contributed by atoms with van der Waals surface area (Å²) in [6, 6.07) is 18.8. The Morgan fingerprint density at radius 2 is 1.87 bits per heavy atom. The molecule has 23 heavy (non-hydrogen) atoms. The first-order valence-electron chi connectivity index (χ1n) is 8.21. The number of para-hydroxylation sites is 1. The molecular weight excluding hydrogens is 280 g/mol. The van der Waals surface area contributed by atoms with Crippen LogP contribution in [0, 0.1) is 5.92 Å². The Hall–Kier alpha value is -2.48. The SMILES string of the molecule is CC1C=CC=C(CN(Cc2cccc(N)c2)c2ccccc2)C1. The van der Waals surface area contributed by atoms with E-state index in [1.54, 1.807) is 0 Å². The van der Waals surface area contributed by atoms with Crippen molar-refractivity contribution in [3.05, 3.63) is 84.0 Å². The molecule has 0 saturated carbocycles. The van der Waals surface area contributed by atoms with Gasteiger partial charge in [0.15, 0.2) is 0 Å². The molecule has 0 aliphatic heterocycles. The third-order valence-corrected chi connectivity index (χ3v) is 4.20. The second kappa shape index (κ2) is 7.19. The summed E-state index contributed by atoms with van der Waals surface area (Å²) in [7, 11) is 0. The highest BCUT2D eigenvalue weighted by Crippen LogP contribution is 2.24. The molecule has 0 aromatic heterocycles. The summed E-state index contributed by atoms with van der Waals surface area (Å²) in [6.07, 6.45) is 7.85. The van der Waals surface area contributed by atoms with Crippen molar-refractivity contribution in [1.29, 1.82) is 0 Å². The zero-order chi connectivity index (χ0) is 16.1. The number of allylic oxidation sites excluding steroid dienone is 3. The molecule has 1 atom stereocenters. The quantitative estimate of drug-likeness (QED) is 0.804. The van der Waals surface area contributed by atoms with E-state index in [4.69, 9.17) is 5.73 Å². The number of hydrogen-bond acceptors (Lipinski definition) is 2. The minimum Gasteiger partial charge on any atom is -0.399 e. The van der Waals surface area contributed by atoms with Crippen LogP contribution in [0.5, 0.6) is 0 Å². The third kappa shape index (κ3) is 4.26. The largest absolute Gasteiger partial charge is 0.399 e. The second-order valence-electron chi connectivity index (χ2n) is 6.33. The fourth-order valence-electron chi connectivity index (χ4n) is 3.08. The summed E-state index contributed by atoms with van der Waals surface area (Å²) in [5.74, 6) is 0.625. The summed E-state index contributed by atoms with van der Waals surface area (Å²) >= 11 is 0. The van der Waals surface area contributed by atoms with Crippen molar-refractivity contribution in [2.45, 2.75) is 19.9 Å². The van der Waals surface area contributed by atoms with Crippen LogP contribution in [0.1, 0.15) is 18.9 Å². The fraction of sp³-hybridized carbons (Fsp3) is 0.238. The summed E-state index contributed by atoms with van der Waals surface area (Å²) in [5, 5.41) is 0. The third-order valence-electron chi connectivity index (χ3n) is 4.20. The first-order chi connectivity index (χ1) is 11.2. The molecule has 2 heteroatoms. The van der Waals surface area contributed by atoms with Gasteiger partial charge in [0.2, 0.25) is 0 Å². The molecular formula is C21H24N2. The molecule has 2 aromatic carbocycles. The molecule has 0 saturated heterocycles. The first kappa shape index (κ1) is 15.4. The van der Waals surface area contributed by atoms with E-state index in [1.807, 2.05) is 12.1 Å². The van der Waals surface area contributed by atoms with E-state index >= 15 is 0 Å². The van der Waals surface area contributed by atoms with Crippen LogP contribution < -0.4 is 10.6 Å². The van der Waals surface area contributed by atoms with Gasteiger partial charge in [-0.2, -0.15) is 0 Å².